The molecule has 1 aliphatic rings. The quantitative estimate of drug-likeness (QED) is 0.411. The maximum atomic E-state index is 13.8. The topological polar surface area (TPSA) is 76.2 Å². The van der Waals surface area contributed by atoms with Crippen LogP contribution < -0.4 is 9.47 Å². The maximum absolute atomic E-state index is 13.8. The Bertz CT molecular complexity index is 1320. The Balaban J connectivity index is 1.38. The average Bonchev–Trinajstić information content (AvgIpc) is 3.44. The zero-order valence-electron chi connectivity index (χ0n) is 16.8. The predicted molar refractivity (Wildman–Crippen MR) is 111 cm³/mol. The van der Waals surface area contributed by atoms with Crippen LogP contribution >= 0.6 is 0 Å². The molecule has 7 nitrogen and oxygen atoms in total. The van der Waals surface area contributed by atoms with Crippen LogP contribution in [0.25, 0.3) is 11.0 Å². The summed E-state index contributed by atoms with van der Waals surface area (Å²) in [4.78, 5) is 10.3. The van der Waals surface area contributed by atoms with E-state index >= 15 is 0 Å². The van der Waals surface area contributed by atoms with Crippen molar-refractivity contribution >= 4 is 11.0 Å². The van der Waals surface area contributed by atoms with Gasteiger partial charge in [0, 0.05) is 25.4 Å². The van der Waals surface area contributed by atoms with Crippen LogP contribution in [0.5, 0.6) is 23.1 Å². The van der Waals surface area contributed by atoms with Gasteiger partial charge in [0.15, 0.2) is 17.8 Å². The highest BCUT2D eigenvalue weighted by atomic mass is 19.1. The first-order chi connectivity index (χ1) is 15.6. The summed E-state index contributed by atoms with van der Waals surface area (Å²) in [6, 6.07) is 11.7. The van der Waals surface area contributed by atoms with Crippen LogP contribution in [0.2, 0.25) is 0 Å². The first kappa shape index (κ1) is 19.8. The molecule has 1 atom stereocenters. The monoisotopic (exact) mass is 433 g/mol. The van der Waals surface area contributed by atoms with Crippen molar-refractivity contribution in [2.75, 3.05) is 13.1 Å². The molecule has 1 aliphatic heterocycles. The van der Waals surface area contributed by atoms with Crippen LogP contribution in [0.4, 0.5) is 8.78 Å². The molecule has 0 amide bonds. The van der Waals surface area contributed by atoms with Crippen molar-refractivity contribution in [3.05, 3.63) is 72.7 Å². The van der Waals surface area contributed by atoms with Crippen LogP contribution in [0, 0.1) is 23.1 Å². The number of likely N-dealkylation sites (tertiary alicyclic amines) is 1. The molecular weight excluding hydrogens is 416 g/mol. The van der Waals surface area contributed by atoms with E-state index in [-0.39, 0.29) is 11.8 Å². The lowest BCUT2D eigenvalue weighted by molar-refractivity contribution is 0.432. The molecule has 0 bridgehead atoms. The largest absolute Gasteiger partial charge is 0.454 e. The molecule has 0 spiro atoms. The number of fused-ring (bicyclic) bond motifs is 1. The fourth-order valence-electron chi connectivity index (χ4n) is 3.78. The smallest absolute Gasteiger partial charge is 0.247 e. The van der Waals surface area contributed by atoms with Crippen molar-refractivity contribution in [2.45, 2.75) is 12.5 Å². The lowest BCUT2D eigenvalue weighted by Gasteiger charge is -2.15. The predicted octanol–water partition coefficient (Wildman–Crippen LogP) is 5.02. The Kier molecular flexibility index (Phi) is 5.03. The van der Waals surface area contributed by atoms with Gasteiger partial charge in [-0.25, -0.2) is 13.8 Å². The molecule has 0 aliphatic carbocycles. The highest BCUT2D eigenvalue weighted by Gasteiger charge is 2.25. The van der Waals surface area contributed by atoms with E-state index in [9.17, 15) is 8.78 Å². The van der Waals surface area contributed by atoms with Gasteiger partial charge in [-0.1, -0.05) is 0 Å². The second-order valence-electron chi connectivity index (χ2n) is 7.37. The number of hydrogen-bond donors (Lipinski definition) is 0. The van der Waals surface area contributed by atoms with Crippen molar-refractivity contribution in [1.82, 2.24) is 19.4 Å². The van der Waals surface area contributed by atoms with Gasteiger partial charge < -0.3 is 18.9 Å². The standard InChI is InChI=1S/C23H17F2N5O2/c24-15-1-6-21(19(25)11-15)31-17-2-4-18(5-3-17)32-23-22-20(27-14-28-23)8-10-30(22)16-7-9-29(12-16)13-26/h1-6,8,10-11,14,16H,7,9,12H2. The first-order valence-corrected chi connectivity index (χ1v) is 9.98. The SMILES string of the molecule is N#CN1CCC(n2ccc3ncnc(Oc4ccc(Oc5ccc(F)cc5F)cc4)c32)C1. The molecule has 9 heteroatoms. The lowest BCUT2D eigenvalue weighted by atomic mass is 10.2. The summed E-state index contributed by atoms with van der Waals surface area (Å²) >= 11 is 0. The van der Waals surface area contributed by atoms with Gasteiger partial charge >= 0.3 is 0 Å². The Morgan fingerprint density at radius 2 is 1.78 bits per heavy atom. The lowest BCUT2D eigenvalue weighted by Crippen LogP contribution is -2.15. The second-order valence-corrected chi connectivity index (χ2v) is 7.37. The van der Waals surface area contributed by atoms with E-state index in [1.54, 1.807) is 29.2 Å². The Hall–Kier alpha value is -4.19. The summed E-state index contributed by atoms with van der Waals surface area (Å²) in [5.74, 6) is -0.239. The van der Waals surface area contributed by atoms with E-state index in [1.165, 1.54) is 12.4 Å². The summed E-state index contributed by atoms with van der Waals surface area (Å²) < 4.78 is 40.4. The van der Waals surface area contributed by atoms with Crippen LogP contribution in [0.15, 0.2) is 61.1 Å². The summed E-state index contributed by atoms with van der Waals surface area (Å²) in [5, 5.41) is 9.16. The molecule has 5 rings (SSSR count). The number of hydrogen-bond acceptors (Lipinski definition) is 6. The molecule has 0 saturated carbocycles. The number of benzene rings is 2. The van der Waals surface area contributed by atoms with Gasteiger partial charge in [-0.15, -0.1) is 0 Å². The van der Waals surface area contributed by atoms with E-state index in [0.717, 1.165) is 29.6 Å². The van der Waals surface area contributed by atoms with Crippen molar-refractivity contribution in [3.8, 4) is 29.3 Å². The van der Waals surface area contributed by atoms with Crippen LogP contribution in [-0.4, -0.2) is 32.5 Å². The van der Waals surface area contributed by atoms with Gasteiger partial charge in [-0.05, 0) is 48.9 Å². The van der Waals surface area contributed by atoms with Crippen molar-refractivity contribution in [2.24, 2.45) is 0 Å². The molecule has 1 saturated heterocycles. The fourth-order valence-corrected chi connectivity index (χ4v) is 3.78. The van der Waals surface area contributed by atoms with Crippen molar-refractivity contribution in [3.63, 3.8) is 0 Å². The van der Waals surface area contributed by atoms with Gasteiger partial charge in [0.05, 0.1) is 11.6 Å². The zero-order chi connectivity index (χ0) is 22.1. The van der Waals surface area contributed by atoms with Crippen LogP contribution in [0.3, 0.4) is 0 Å². The van der Waals surface area contributed by atoms with Crippen molar-refractivity contribution < 1.29 is 18.3 Å². The van der Waals surface area contributed by atoms with E-state index in [1.807, 2.05) is 12.3 Å². The fraction of sp³-hybridized carbons (Fsp3) is 0.174. The highest BCUT2D eigenvalue weighted by molar-refractivity contribution is 5.81. The van der Waals surface area contributed by atoms with Crippen LogP contribution in [0.1, 0.15) is 12.5 Å². The molecule has 2 aromatic carbocycles. The third kappa shape index (κ3) is 3.78. The zero-order valence-corrected chi connectivity index (χ0v) is 16.8. The minimum Gasteiger partial charge on any atom is -0.454 e. The summed E-state index contributed by atoms with van der Waals surface area (Å²) in [5.41, 5.74) is 1.50. The number of nitriles is 1. The molecule has 32 heavy (non-hydrogen) atoms. The summed E-state index contributed by atoms with van der Waals surface area (Å²) in [6.07, 6.45) is 6.41. The molecule has 160 valence electrons. The molecule has 1 fully saturated rings. The average molecular weight is 433 g/mol. The van der Waals surface area contributed by atoms with Crippen molar-refractivity contribution in [1.29, 1.82) is 5.26 Å². The third-order valence-electron chi connectivity index (χ3n) is 5.33. The number of nitrogens with zero attached hydrogens (tertiary/aromatic N) is 5. The van der Waals surface area contributed by atoms with Gasteiger partial charge in [-0.2, -0.15) is 10.2 Å². The third-order valence-corrected chi connectivity index (χ3v) is 5.33. The Labute approximate surface area is 182 Å². The van der Waals surface area contributed by atoms with E-state index in [0.29, 0.717) is 30.5 Å². The van der Waals surface area contributed by atoms with Crippen LogP contribution in [-0.2, 0) is 0 Å². The van der Waals surface area contributed by atoms with Gasteiger partial charge in [-0.3, -0.25) is 0 Å². The molecule has 0 N–H and O–H groups in total. The highest BCUT2D eigenvalue weighted by Crippen LogP contribution is 2.33. The summed E-state index contributed by atoms with van der Waals surface area (Å²) in [6.45, 7) is 1.33. The molecule has 4 aromatic rings. The molecule has 2 aromatic heterocycles. The molecular formula is C23H17F2N5O2. The summed E-state index contributed by atoms with van der Waals surface area (Å²) in [7, 11) is 0. The number of aromatic nitrogens is 3. The second kappa shape index (κ2) is 8.15. The minimum atomic E-state index is -0.781. The van der Waals surface area contributed by atoms with Gasteiger partial charge in [0.25, 0.3) is 0 Å². The number of ether oxygens (including phenoxy) is 2. The minimum absolute atomic E-state index is 0.0709. The normalized spacial score (nSPS) is 15.7. The Morgan fingerprint density at radius 3 is 2.50 bits per heavy atom. The van der Waals surface area contributed by atoms with E-state index in [2.05, 4.69) is 20.7 Å². The van der Waals surface area contributed by atoms with E-state index in [4.69, 9.17) is 14.7 Å². The van der Waals surface area contributed by atoms with E-state index < -0.39 is 11.6 Å². The van der Waals surface area contributed by atoms with Gasteiger partial charge in [0.2, 0.25) is 5.88 Å². The Morgan fingerprint density at radius 1 is 1.00 bits per heavy atom. The molecule has 1 unspecified atom stereocenters. The number of rotatable bonds is 5. The first-order valence-electron chi connectivity index (χ1n) is 9.98. The maximum Gasteiger partial charge on any atom is 0.247 e. The van der Waals surface area contributed by atoms with Gasteiger partial charge in [0.1, 0.15) is 29.2 Å². The molecule has 0 radical (unpaired) electrons. The molecule has 3 heterocycles. The number of halogens is 2.